The number of benzene rings is 2. The number of hydrogen-bond donors (Lipinski definition) is 1. The maximum Gasteiger partial charge on any atom is 0.263 e. The van der Waals surface area contributed by atoms with Crippen molar-refractivity contribution >= 4 is 44.0 Å². The number of allylic oxidation sites excluding steroid dienone is 1. The van der Waals surface area contributed by atoms with Gasteiger partial charge in [0.2, 0.25) is 0 Å². The molecule has 0 aliphatic rings. The van der Waals surface area contributed by atoms with Crippen molar-refractivity contribution in [3.63, 3.8) is 0 Å². The number of carbonyl (C=O) groups is 1. The van der Waals surface area contributed by atoms with E-state index in [2.05, 4.69) is 16.9 Å². The summed E-state index contributed by atoms with van der Waals surface area (Å²) >= 11 is 0. The Bertz CT molecular complexity index is 1610. The van der Waals surface area contributed by atoms with Crippen LogP contribution in [0.2, 0.25) is 0 Å². The summed E-state index contributed by atoms with van der Waals surface area (Å²) in [5.41, 5.74) is 4.19. The lowest BCUT2D eigenvalue weighted by molar-refractivity contribution is -0.123. The molecule has 0 saturated carbocycles. The highest BCUT2D eigenvalue weighted by molar-refractivity contribution is 6.19. The molecule has 1 N–H and O–H groups in total. The van der Waals surface area contributed by atoms with E-state index >= 15 is 0 Å². The highest BCUT2D eigenvalue weighted by Gasteiger charge is 2.22. The number of amides is 1. The second kappa shape index (κ2) is 7.89. The van der Waals surface area contributed by atoms with E-state index in [0.29, 0.717) is 17.6 Å². The number of rotatable bonds is 6. The van der Waals surface area contributed by atoms with E-state index < -0.39 is 0 Å². The lowest BCUT2D eigenvalue weighted by Crippen LogP contribution is -2.34. The minimum Gasteiger partial charge on any atom is -0.483 e. The molecular weight excluding hydrogens is 414 g/mol. The van der Waals surface area contributed by atoms with Crippen LogP contribution in [-0.2, 0) is 11.2 Å². The first-order chi connectivity index (χ1) is 15.9. The fourth-order valence-corrected chi connectivity index (χ4v) is 4.63. The zero-order valence-electron chi connectivity index (χ0n) is 18.9. The van der Waals surface area contributed by atoms with Crippen LogP contribution in [0.4, 0.5) is 0 Å². The van der Waals surface area contributed by atoms with E-state index in [-0.39, 0.29) is 24.1 Å². The Kier molecular flexibility index (Phi) is 5.01. The van der Waals surface area contributed by atoms with Gasteiger partial charge in [-0.2, -0.15) is 0 Å². The van der Waals surface area contributed by atoms with Gasteiger partial charge in [0, 0.05) is 39.3 Å². The molecule has 5 rings (SSSR count). The van der Waals surface area contributed by atoms with Gasteiger partial charge >= 0.3 is 0 Å². The van der Waals surface area contributed by atoms with Gasteiger partial charge in [-0.1, -0.05) is 30.4 Å². The van der Waals surface area contributed by atoms with E-state index in [1.807, 2.05) is 63.2 Å². The summed E-state index contributed by atoms with van der Waals surface area (Å²) in [6, 6.07) is 13.3. The van der Waals surface area contributed by atoms with E-state index in [9.17, 15) is 9.59 Å². The van der Waals surface area contributed by atoms with Crippen molar-refractivity contribution < 1.29 is 9.53 Å². The molecule has 2 aromatic carbocycles. The van der Waals surface area contributed by atoms with Crippen LogP contribution in [0, 0.1) is 0 Å². The maximum absolute atomic E-state index is 13.5. The maximum atomic E-state index is 13.5. The number of nitrogens with one attached hydrogen (secondary N) is 1. The Morgan fingerprint density at radius 1 is 1.12 bits per heavy atom. The Morgan fingerprint density at radius 3 is 2.61 bits per heavy atom. The molecule has 3 aromatic heterocycles. The van der Waals surface area contributed by atoms with Crippen LogP contribution in [0.1, 0.15) is 26.3 Å². The van der Waals surface area contributed by atoms with Gasteiger partial charge in [-0.05, 0) is 51.5 Å². The predicted octanol–water partition coefficient (Wildman–Crippen LogP) is 4.61. The van der Waals surface area contributed by atoms with Crippen LogP contribution >= 0.6 is 0 Å². The summed E-state index contributed by atoms with van der Waals surface area (Å²) in [6.45, 7) is 9.79. The number of fused-ring (bicyclic) bond motifs is 5. The van der Waals surface area contributed by atoms with Crippen LogP contribution < -0.4 is 15.6 Å². The molecule has 0 fully saturated rings. The molecule has 0 bridgehead atoms. The Labute approximate surface area is 190 Å². The summed E-state index contributed by atoms with van der Waals surface area (Å²) in [7, 11) is 0. The first kappa shape index (κ1) is 20.9. The van der Waals surface area contributed by atoms with Crippen LogP contribution in [-0.4, -0.2) is 27.9 Å². The average Bonchev–Trinajstić information content (AvgIpc) is 3.12. The zero-order chi connectivity index (χ0) is 23.3. The average molecular weight is 440 g/mol. The van der Waals surface area contributed by atoms with Crippen LogP contribution in [0.3, 0.4) is 0 Å². The fourth-order valence-electron chi connectivity index (χ4n) is 4.63. The second-order valence-corrected chi connectivity index (χ2v) is 8.82. The van der Waals surface area contributed by atoms with E-state index in [4.69, 9.17) is 4.74 Å². The van der Waals surface area contributed by atoms with Gasteiger partial charge in [0.25, 0.3) is 11.5 Å². The smallest absolute Gasteiger partial charge is 0.263 e. The molecule has 6 heteroatoms. The molecule has 0 saturated heterocycles. The first-order valence-corrected chi connectivity index (χ1v) is 11.0. The minimum atomic E-state index is -0.177. The van der Waals surface area contributed by atoms with Gasteiger partial charge in [-0.15, -0.1) is 0 Å². The van der Waals surface area contributed by atoms with Crippen molar-refractivity contribution in [3.8, 4) is 5.75 Å². The Hall–Kier alpha value is -3.93. The third-order valence-corrected chi connectivity index (χ3v) is 5.81. The van der Waals surface area contributed by atoms with Gasteiger partial charge < -0.3 is 10.1 Å². The SMILES string of the molecule is C=C(C)Cc1c(OCC(=O)NC(C)C)ccc2c1c1ccnc3c4ccccc4c(=O)n2c13. The third-order valence-electron chi connectivity index (χ3n) is 5.81. The highest BCUT2D eigenvalue weighted by atomic mass is 16.5. The largest absolute Gasteiger partial charge is 0.483 e. The molecular formula is C27H25N3O3. The standard InChI is InChI=1S/C27H25N3O3/c1-15(2)13-20-22(33-14-23(31)29-16(3)4)10-9-21-24(20)19-11-12-28-25-17-7-5-6-8-18(17)27(32)30(21)26(19)25/h5-12,16H,1,13-14H2,2-4H3,(H,29,31). The quantitative estimate of drug-likeness (QED) is 0.310. The first-order valence-electron chi connectivity index (χ1n) is 11.0. The lowest BCUT2D eigenvalue weighted by Gasteiger charge is -2.14. The fraction of sp³-hybridized carbons (Fsp3) is 0.222. The molecule has 0 atom stereocenters. The molecule has 166 valence electrons. The van der Waals surface area contributed by atoms with Crippen LogP contribution in [0.25, 0.3) is 38.1 Å². The molecule has 5 aromatic rings. The Balaban J connectivity index is 1.82. The van der Waals surface area contributed by atoms with Gasteiger partial charge in [0.1, 0.15) is 5.75 Å². The summed E-state index contributed by atoms with van der Waals surface area (Å²) < 4.78 is 7.73. The second-order valence-electron chi connectivity index (χ2n) is 8.82. The van der Waals surface area contributed by atoms with Crippen molar-refractivity contribution in [3.05, 3.63) is 76.7 Å². The molecule has 33 heavy (non-hydrogen) atoms. The van der Waals surface area contributed by atoms with E-state index in [0.717, 1.165) is 43.8 Å². The van der Waals surface area contributed by atoms with Crippen molar-refractivity contribution in [2.24, 2.45) is 0 Å². The number of pyridine rings is 2. The van der Waals surface area contributed by atoms with Crippen molar-refractivity contribution in [1.29, 1.82) is 0 Å². The summed E-state index contributed by atoms with van der Waals surface area (Å²) in [5, 5.41) is 6.19. The van der Waals surface area contributed by atoms with Gasteiger partial charge in [-0.3, -0.25) is 19.0 Å². The van der Waals surface area contributed by atoms with Crippen molar-refractivity contribution in [2.75, 3.05) is 6.61 Å². The number of hydrogen-bond acceptors (Lipinski definition) is 4. The van der Waals surface area contributed by atoms with Crippen molar-refractivity contribution in [2.45, 2.75) is 33.2 Å². The molecule has 0 unspecified atom stereocenters. The molecule has 3 heterocycles. The summed E-state index contributed by atoms with van der Waals surface area (Å²) in [4.78, 5) is 30.4. The summed E-state index contributed by atoms with van der Waals surface area (Å²) in [5.74, 6) is 0.440. The Morgan fingerprint density at radius 2 is 1.88 bits per heavy atom. The van der Waals surface area contributed by atoms with Crippen LogP contribution in [0.15, 0.2) is 65.6 Å². The highest BCUT2D eigenvalue weighted by Crippen LogP contribution is 2.38. The molecule has 0 aliphatic heterocycles. The predicted molar refractivity (Wildman–Crippen MR) is 132 cm³/mol. The molecule has 0 spiro atoms. The topological polar surface area (TPSA) is 72.7 Å². The zero-order valence-corrected chi connectivity index (χ0v) is 18.9. The summed E-state index contributed by atoms with van der Waals surface area (Å²) in [6.07, 6.45) is 2.35. The molecule has 0 aliphatic carbocycles. The lowest BCUT2D eigenvalue weighted by atomic mass is 9.99. The third kappa shape index (κ3) is 3.39. The van der Waals surface area contributed by atoms with E-state index in [1.54, 1.807) is 10.6 Å². The van der Waals surface area contributed by atoms with Crippen molar-refractivity contribution in [1.82, 2.24) is 14.7 Å². The molecule has 6 nitrogen and oxygen atoms in total. The number of nitrogens with zero attached hydrogens (tertiary/aromatic N) is 2. The van der Waals surface area contributed by atoms with Gasteiger partial charge in [0.15, 0.2) is 6.61 Å². The van der Waals surface area contributed by atoms with Gasteiger partial charge in [0.05, 0.1) is 16.6 Å². The monoisotopic (exact) mass is 439 g/mol. The number of carbonyl (C=O) groups excluding carboxylic acids is 1. The number of ether oxygens (including phenoxy) is 1. The molecule has 0 radical (unpaired) electrons. The van der Waals surface area contributed by atoms with E-state index in [1.165, 1.54) is 0 Å². The van der Waals surface area contributed by atoms with Gasteiger partial charge in [-0.25, -0.2) is 0 Å². The van der Waals surface area contributed by atoms with Crippen LogP contribution in [0.5, 0.6) is 5.75 Å². The minimum absolute atomic E-state index is 0.0385. The molecule has 1 amide bonds. The number of aromatic nitrogens is 2. The normalized spacial score (nSPS) is 11.8.